The van der Waals surface area contributed by atoms with E-state index in [4.69, 9.17) is 21.3 Å². The van der Waals surface area contributed by atoms with Crippen molar-refractivity contribution in [1.29, 1.82) is 0 Å². The quantitative estimate of drug-likeness (QED) is 0.400. The minimum Gasteiger partial charge on any atom is -0.453 e. The van der Waals surface area contributed by atoms with Gasteiger partial charge in [-0.1, -0.05) is 17.7 Å². The number of nitrogens with zero attached hydrogens (tertiary/aromatic N) is 5. The smallest absolute Gasteiger partial charge is 0.410 e. The van der Waals surface area contributed by atoms with Crippen LogP contribution in [0, 0.1) is 5.82 Å². The van der Waals surface area contributed by atoms with E-state index in [9.17, 15) is 22.8 Å². The number of thiazole rings is 1. The summed E-state index contributed by atoms with van der Waals surface area (Å²) < 4.78 is 51.3. The van der Waals surface area contributed by atoms with Gasteiger partial charge in [0.25, 0.3) is 0 Å². The molecule has 1 aromatic carbocycles. The third kappa shape index (κ3) is 5.74. The lowest BCUT2D eigenvalue weighted by molar-refractivity contribution is 0.0564. The summed E-state index contributed by atoms with van der Waals surface area (Å²) in [6.45, 7) is -2.83. The lowest BCUT2D eigenvalue weighted by atomic mass is 9.93. The van der Waals surface area contributed by atoms with Crippen molar-refractivity contribution in [3.8, 4) is 0 Å². The van der Waals surface area contributed by atoms with Gasteiger partial charge < -0.3 is 20.1 Å². The zero-order chi connectivity index (χ0) is 28.4. The lowest BCUT2D eigenvalue weighted by Crippen LogP contribution is -2.39. The second-order valence-corrected chi connectivity index (χ2v) is 9.92. The van der Waals surface area contributed by atoms with E-state index < -0.39 is 36.7 Å². The van der Waals surface area contributed by atoms with Crippen LogP contribution in [-0.4, -0.2) is 70.5 Å². The molecule has 0 radical (unpaired) electrons. The van der Waals surface area contributed by atoms with Crippen LogP contribution in [0.4, 0.5) is 22.8 Å². The van der Waals surface area contributed by atoms with Gasteiger partial charge in [-0.25, -0.2) is 23.6 Å². The van der Waals surface area contributed by atoms with Crippen LogP contribution in [0.2, 0.25) is 5.02 Å². The van der Waals surface area contributed by atoms with Crippen molar-refractivity contribution in [2.45, 2.75) is 18.7 Å². The van der Waals surface area contributed by atoms with E-state index in [2.05, 4.69) is 25.5 Å². The molecule has 4 heterocycles. The Bertz CT molecular complexity index is 1480. The van der Waals surface area contributed by atoms with Crippen LogP contribution in [0.5, 0.6) is 0 Å². The van der Waals surface area contributed by atoms with Gasteiger partial charge in [-0.05, 0) is 18.2 Å². The molecule has 0 bridgehead atoms. The molecule has 0 aliphatic carbocycles. The van der Waals surface area contributed by atoms with Gasteiger partial charge in [0.1, 0.15) is 18.0 Å². The van der Waals surface area contributed by atoms with Crippen molar-refractivity contribution >= 4 is 46.5 Å². The molecule has 0 unspecified atom stereocenters. The van der Waals surface area contributed by atoms with E-state index in [1.807, 2.05) is 0 Å². The summed E-state index contributed by atoms with van der Waals surface area (Å²) in [6.07, 6.45) is 0.715. The minimum absolute atomic E-state index is 0.0205. The minimum atomic E-state index is -2.90. The fraction of sp³-hybridized carbons (Fsp3) is 0.292. The predicted molar refractivity (Wildman–Crippen MR) is 139 cm³/mol. The number of hydrogen-bond acceptors (Lipinski definition) is 9. The van der Waals surface area contributed by atoms with Crippen LogP contribution in [-0.2, 0) is 9.47 Å². The Morgan fingerprint density at radius 3 is 2.88 bits per heavy atom. The highest BCUT2D eigenvalue weighted by Gasteiger charge is 2.36. The third-order valence-corrected chi connectivity index (χ3v) is 7.17. The van der Waals surface area contributed by atoms with E-state index in [1.54, 1.807) is 11.6 Å². The fourth-order valence-corrected chi connectivity index (χ4v) is 5.14. The van der Waals surface area contributed by atoms with Crippen LogP contribution in [0.15, 0.2) is 52.7 Å². The molecular weight excluding hydrogens is 575 g/mol. The number of amidine groups is 1. The number of alkyl halides is 2. The summed E-state index contributed by atoms with van der Waals surface area (Å²) in [6, 6.07) is 4.27. The fourth-order valence-electron chi connectivity index (χ4n) is 4.28. The number of cyclic esters (lactones) is 1. The molecule has 5 rings (SSSR count). The van der Waals surface area contributed by atoms with Gasteiger partial charge in [-0.15, -0.1) is 11.3 Å². The van der Waals surface area contributed by atoms with Crippen LogP contribution in [0.25, 0.3) is 5.57 Å². The molecule has 16 heteroatoms. The topological polar surface area (TPSA) is 123 Å². The predicted octanol–water partition coefficient (Wildman–Crippen LogP) is 4.21. The van der Waals surface area contributed by atoms with E-state index in [0.717, 1.165) is 12.3 Å². The van der Waals surface area contributed by atoms with Gasteiger partial charge in [0, 0.05) is 39.6 Å². The highest BCUT2D eigenvalue weighted by molar-refractivity contribution is 7.11. The lowest BCUT2D eigenvalue weighted by Gasteiger charge is -2.29. The Hall–Kier alpha value is -4.11. The molecule has 1 saturated heterocycles. The molecule has 1 fully saturated rings. The van der Waals surface area contributed by atoms with Crippen molar-refractivity contribution < 1.29 is 32.2 Å². The van der Waals surface area contributed by atoms with E-state index in [1.165, 1.54) is 41.5 Å². The van der Waals surface area contributed by atoms with Gasteiger partial charge in [-0.3, -0.25) is 9.89 Å². The van der Waals surface area contributed by atoms with E-state index in [-0.39, 0.29) is 30.4 Å². The van der Waals surface area contributed by atoms with Gasteiger partial charge >= 0.3 is 18.7 Å². The first kappa shape index (κ1) is 27.5. The first-order valence-corrected chi connectivity index (χ1v) is 13.0. The number of benzene rings is 1. The Kier molecular flexibility index (Phi) is 7.93. The molecule has 2 atom stereocenters. The number of carbonyl (C=O) groups is 2. The zero-order valence-corrected chi connectivity index (χ0v) is 22.3. The summed E-state index contributed by atoms with van der Waals surface area (Å²) in [7, 11) is 1.21. The second kappa shape index (κ2) is 11.6. The van der Waals surface area contributed by atoms with Crippen molar-refractivity contribution in [3.05, 3.63) is 74.8 Å². The summed E-state index contributed by atoms with van der Waals surface area (Å²) in [4.78, 5) is 34.7. The number of amides is 2. The number of carbonyl (C=O) groups excluding carboxylic acids is 2. The van der Waals surface area contributed by atoms with Gasteiger partial charge in [-0.2, -0.15) is 13.9 Å². The number of nitrogens with one attached hydrogen (secondary N) is 2. The van der Waals surface area contributed by atoms with Crippen molar-refractivity contribution in [2.75, 3.05) is 26.7 Å². The van der Waals surface area contributed by atoms with Crippen molar-refractivity contribution in [1.82, 2.24) is 30.3 Å². The molecule has 0 spiro atoms. The average Bonchev–Trinajstić information content (AvgIpc) is 3.69. The van der Waals surface area contributed by atoms with Crippen molar-refractivity contribution in [3.63, 3.8) is 0 Å². The van der Waals surface area contributed by atoms with Crippen LogP contribution in [0.3, 0.4) is 0 Å². The van der Waals surface area contributed by atoms with Gasteiger partial charge in [0.2, 0.25) is 0 Å². The Morgan fingerprint density at radius 2 is 2.20 bits per heavy atom. The van der Waals surface area contributed by atoms with Crippen LogP contribution < -0.4 is 10.6 Å². The molecular formula is C24H21ClF3N7O4S. The molecule has 40 heavy (non-hydrogen) atoms. The van der Waals surface area contributed by atoms with Crippen LogP contribution >= 0.6 is 22.9 Å². The first-order valence-electron chi connectivity index (χ1n) is 11.8. The first-order chi connectivity index (χ1) is 19.2. The molecule has 3 aromatic rings. The number of halogens is 4. The number of alkyl carbamates (subject to hydrolysis) is 1. The Balaban J connectivity index is 1.57. The number of ether oxygens (including phenoxy) is 2. The molecule has 210 valence electrons. The Morgan fingerprint density at radius 1 is 1.38 bits per heavy atom. The summed E-state index contributed by atoms with van der Waals surface area (Å²) in [5.41, 5.74) is 1.27. The normalized spacial score (nSPS) is 19.0. The SMILES string of the molecule is COC(=O)NC[C@H]1CN(CC2=C(c3ccn(C(F)F)n3)[C@H](c3ccc(F)cc3Cl)N=C(c3nccs3)N2)C(=O)O1. The average molecular weight is 596 g/mol. The second-order valence-electron chi connectivity index (χ2n) is 8.62. The molecule has 11 nitrogen and oxygen atoms in total. The van der Waals surface area contributed by atoms with E-state index in [0.29, 0.717) is 32.4 Å². The number of hydrogen-bond donors (Lipinski definition) is 2. The van der Waals surface area contributed by atoms with Gasteiger partial charge in [0.05, 0.1) is 32.4 Å². The monoisotopic (exact) mass is 595 g/mol. The Labute approximate surface area is 234 Å². The molecule has 2 aromatic heterocycles. The maximum Gasteiger partial charge on any atom is 0.410 e. The summed E-state index contributed by atoms with van der Waals surface area (Å²) in [5.74, 6) is -0.227. The van der Waals surface area contributed by atoms with Crippen molar-refractivity contribution in [2.24, 2.45) is 4.99 Å². The molecule has 0 saturated carbocycles. The largest absolute Gasteiger partial charge is 0.453 e. The maximum atomic E-state index is 13.9. The number of methoxy groups -OCH3 is 1. The zero-order valence-electron chi connectivity index (χ0n) is 20.7. The summed E-state index contributed by atoms with van der Waals surface area (Å²) >= 11 is 7.74. The highest BCUT2D eigenvalue weighted by atomic mass is 35.5. The standard InChI is InChI=1S/C24H21ClF3N7O4S/c1-38-23(36)30-9-13-10-34(24(37)39-13)11-17-18(16-4-6-35(33-16)22(27)28)19(14-3-2-12(26)8-15(14)25)32-20(31-17)21-29-5-7-40-21/h2-8,13,19,22H,9-11H2,1H3,(H,30,36)(H,31,32)/t13-,19-/m0/s1. The molecule has 2 aliphatic heterocycles. The summed E-state index contributed by atoms with van der Waals surface area (Å²) in [5, 5.41) is 12.0. The molecule has 2 N–H and O–H groups in total. The number of rotatable bonds is 8. The van der Waals surface area contributed by atoms with Gasteiger partial charge in [0.15, 0.2) is 10.8 Å². The molecule has 2 amide bonds. The maximum absolute atomic E-state index is 13.9. The number of aromatic nitrogens is 3. The van der Waals surface area contributed by atoms with Crippen LogP contribution in [0.1, 0.15) is 28.9 Å². The number of aliphatic imine (C=N–C) groups is 1. The molecule has 2 aliphatic rings. The third-order valence-electron chi connectivity index (χ3n) is 6.06. The highest BCUT2D eigenvalue weighted by Crippen LogP contribution is 2.41. The van der Waals surface area contributed by atoms with E-state index >= 15 is 0 Å².